The number of carbonyl (C=O) groups excluding carboxylic acids is 3. The molecule has 2 aromatic heterocycles. The summed E-state index contributed by atoms with van der Waals surface area (Å²) in [5.41, 5.74) is 16.0. The monoisotopic (exact) mass is 491 g/mol. The van der Waals surface area contributed by atoms with E-state index in [0.717, 1.165) is 61.5 Å². The van der Waals surface area contributed by atoms with E-state index in [1.807, 2.05) is 38.1 Å². The number of benzene rings is 1. The Morgan fingerprint density at radius 3 is 2.39 bits per heavy atom. The maximum atomic E-state index is 12.6. The van der Waals surface area contributed by atoms with Crippen molar-refractivity contribution < 1.29 is 14.4 Å². The van der Waals surface area contributed by atoms with Gasteiger partial charge in [0.1, 0.15) is 5.56 Å². The fourth-order valence-corrected chi connectivity index (χ4v) is 4.79. The molecule has 3 aromatic rings. The fraction of sp³-hybridized carbons (Fsp3) is 0.423. The zero-order chi connectivity index (χ0) is 25.8. The number of fused-ring (bicyclic) bond motifs is 1. The van der Waals surface area contributed by atoms with Crippen molar-refractivity contribution in [3.63, 3.8) is 0 Å². The Hall–Kier alpha value is -3.79. The molecule has 3 heterocycles. The molecule has 4 rings (SSSR count). The fourth-order valence-electron chi connectivity index (χ4n) is 4.79. The van der Waals surface area contributed by atoms with Crippen molar-refractivity contribution in [2.75, 3.05) is 25.0 Å². The van der Waals surface area contributed by atoms with Gasteiger partial charge >= 0.3 is 0 Å². The van der Waals surface area contributed by atoms with E-state index in [1.165, 1.54) is 11.8 Å². The first-order valence-corrected chi connectivity index (χ1v) is 12.3. The number of aromatic nitrogens is 3. The van der Waals surface area contributed by atoms with Crippen LogP contribution < -0.4 is 16.8 Å². The van der Waals surface area contributed by atoms with Gasteiger partial charge in [-0.15, -0.1) is 0 Å². The minimum absolute atomic E-state index is 0.0105. The summed E-state index contributed by atoms with van der Waals surface area (Å²) in [6.07, 6.45) is 4.79. The third-order valence-corrected chi connectivity index (χ3v) is 7.02. The smallest absolute Gasteiger partial charge is 0.254 e. The summed E-state index contributed by atoms with van der Waals surface area (Å²) in [6.45, 7) is 6.49. The molecule has 0 unspecified atom stereocenters. The number of hydrogen-bond donors (Lipinski definition) is 3. The van der Waals surface area contributed by atoms with E-state index in [0.29, 0.717) is 18.5 Å². The molecule has 0 saturated carbocycles. The molecule has 10 heteroatoms. The molecule has 1 aromatic carbocycles. The number of nitrogens with two attached hydrogens (primary N) is 2. The van der Waals surface area contributed by atoms with Gasteiger partial charge in [0.25, 0.3) is 5.91 Å². The summed E-state index contributed by atoms with van der Waals surface area (Å²) >= 11 is 0. The van der Waals surface area contributed by atoms with Crippen molar-refractivity contribution in [1.29, 1.82) is 0 Å². The highest BCUT2D eigenvalue weighted by Crippen LogP contribution is 2.20. The van der Waals surface area contributed by atoms with Gasteiger partial charge in [0, 0.05) is 36.0 Å². The minimum Gasteiger partial charge on any atom is -0.369 e. The molecule has 0 radical (unpaired) electrons. The topological polar surface area (TPSA) is 149 Å². The van der Waals surface area contributed by atoms with Gasteiger partial charge in [-0.3, -0.25) is 14.4 Å². The molecule has 10 nitrogen and oxygen atoms in total. The molecule has 0 bridgehead atoms. The number of carbonyl (C=O) groups is 3. The lowest BCUT2D eigenvalue weighted by Gasteiger charge is -2.30. The molecule has 0 aliphatic carbocycles. The third kappa shape index (κ3) is 5.71. The number of hydrogen-bond acceptors (Lipinski definition) is 6. The van der Waals surface area contributed by atoms with E-state index in [4.69, 9.17) is 11.5 Å². The number of amides is 3. The Morgan fingerprint density at radius 1 is 1.06 bits per heavy atom. The third-order valence-electron chi connectivity index (χ3n) is 7.02. The number of nitrogens with zero attached hydrogens (tertiary/aromatic N) is 4. The molecular formula is C26H33N7O3. The lowest BCUT2D eigenvalue weighted by atomic mass is 9.96. The second-order valence-corrected chi connectivity index (χ2v) is 9.43. The van der Waals surface area contributed by atoms with Crippen LogP contribution in [-0.4, -0.2) is 56.9 Å². The highest BCUT2D eigenvalue weighted by molar-refractivity contribution is 5.98. The molecule has 1 fully saturated rings. The molecule has 1 aliphatic rings. The maximum absolute atomic E-state index is 12.6. The summed E-state index contributed by atoms with van der Waals surface area (Å²) in [5.74, 6) is -0.833. The Bertz CT molecular complexity index is 1270. The van der Waals surface area contributed by atoms with Crippen molar-refractivity contribution in [2.45, 2.75) is 46.0 Å². The standard InChI is InChI=1S/C26H33N7O3/c1-16-21(17(2)33-26(30-16)22(15-29-33)25(28)36)7-8-23(34)31-20-5-3-18(4-6-20)9-12-32-13-10-19(11-14-32)24(27)35/h3-6,15,19H,7-14H2,1-2H3,(H2,27,35)(H2,28,36)(H,31,34). The lowest BCUT2D eigenvalue weighted by molar-refractivity contribution is -0.123. The average Bonchev–Trinajstić information content (AvgIpc) is 3.28. The number of piperidine rings is 1. The SMILES string of the molecule is Cc1nc2c(C(N)=O)cnn2c(C)c1CCC(=O)Nc1ccc(CCN2CCC(C(N)=O)CC2)cc1. The minimum atomic E-state index is -0.570. The van der Waals surface area contributed by atoms with Crippen LogP contribution in [0.25, 0.3) is 5.65 Å². The van der Waals surface area contributed by atoms with Gasteiger partial charge in [-0.05, 0) is 75.9 Å². The Morgan fingerprint density at radius 2 is 1.75 bits per heavy atom. The van der Waals surface area contributed by atoms with Gasteiger partial charge in [0.05, 0.1) is 6.20 Å². The second-order valence-electron chi connectivity index (χ2n) is 9.43. The summed E-state index contributed by atoms with van der Waals surface area (Å²) < 4.78 is 1.60. The van der Waals surface area contributed by atoms with Crippen molar-refractivity contribution in [2.24, 2.45) is 17.4 Å². The van der Waals surface area contributed by atoms with Crippen molar-refractivity contribution in [3.8, 4) is 0 Å². The number of nitrogens with one attached hydrogen (secondary N) is 1. The van der Waals surface area contributed by atoms with Gasteiger partial charge in [-0.1, -0.05) is 12.1 Å². The number of primary amides is 2. The first-order chi connectivity index (χ1) is 17.2. The zero-order valence-electron chi connectivity index (χ0n) is 20.8. The van der Waals surface area contributed by atoms with E-state index in [1.54, 1.807) is 4.52 Å². The Labute approximate surface area is 210 Å². The highest BCUT2D eigenvalue weighted by Gasteiger charge is 2.22. The Kier molecular flexibility index (Phi) is 7.64. The van der Waals surface area contributed by atoms with Crippen LogP contribution in [0, 0.1) is 19.8 Å². The number of rotatable bonds is 9. The maximum Gasteiger partial charge on any atom is 0.254 e. The van der Waals surface area contributed by atoms with Gasteiger partial charge < -0.3 is 21.7 Å². The predicted octanol–water partition coefficient (Wildman–Crippen LogP) is 1.76. The molecule has 5 N–H and O–H groups in total. The van der Waals surface area contributed by atoms with Gasteiger partial charge in [0.2, 0.25) is 11.8 Å². The van der Waals surface area contributed by atoms with Crippen LogP contribution in [0.15, 0.2) is 30.5 Å². The highest BCUT2D eigenvalue weighted by atomic mass is 16.2. The van der Waals surface area contributed by atoms with Crippen LogP contribution in [0.1, 0.15) is 52.1 Å². The first kappa shape index (κ1) is 25.3. The van der Waals surface area contributed by atoms with E-state index in [9.17, 15) is 14.4 Å². The molecule has 190 valence electrons. The molecule has 1 saturated heterocycles. The summed E-state index contributed by atoms with van der Waals surface area (Å²) in [6, 6.07) is 7.91. The number of likely N-dealkylation sites (tertiary alicyclic amines) is 1. The first-order valence-electron chi connectivity index (χ1n) is 12.3. The molecule has 0 spiro atoms. The summed E-state index contributed by atoms with van der Waals surface area (Å²) in [5, 5.41) is 7.19. The van der Waals surface area contributed by atoms with E-state index in [-0.39, 0.29) is 23.3 Å². The average molecular weight is 492 g/mol. The lowest BCUT2D eigenvalue weighted by Crippen LogP contribution is -2.39. The van der Waals surface area contributed by atoms with Gasteiger partial charge in [-0.25, -0.2) is 9.50 Å². The normalized spacial score (nSPS) is 14.7. The Balaban J connectivity index is 1.28. The van der Waals surface area contributed by atoms with Gasteiger partial charge in [-0.2, -0.15) is 5.10 Å². The molecule has 36 heavy (non-hydrogen) atoms. The van der Waals surface area contributed by atoms with Crippen molar-refractivity contribution in [1.82, 2.24) is 19.5 Å². The van der Waals surface area contributed by atoms with Crippen molar-refractivity contribution >= 4 is 29.1 Å². The van der Waals surface area contributed by atoms with Crippen LogP contribution >= 0.6 is 0 Å². The van der Waals surface area contributed by atoms with Crippen LogP contribution in [0.4, 0.5) is 5.69 Å². The number of anilines is 1. The van der Waals surface area contributed by atoms with Crippen LogP contribution in [0.2, 0.25) is 0 Å². The second kappa shape index (κ2) is 10.9. The molecule has 1 aliphatic heterocycles. The summed E-state index contributed by atoms with van der Waals surface area (Å²) in [7, 11) is 0. The molecule has 3 amide bonds. The van der Waals surface area contributed by atoms with Crippen molar-refractivity contribution in [3.05, 3.63) is 58.5 Å². The number of aryl methyl sites for hydroxylation is 2. The molecular weight excluding hydrogens is 458 g/mol. The predicted molar refractivity (Wildman–Crippen MR) is 136 cm³/mol. The van der Waals surface area contributed by atoms with Crippen LogP contribution in [0.3, 0.4) is 0 Å². The van der Waals surface area contributed by atoms with Crippen LogP contribution in [0.5, 0.6) is 0 Å². The van der Waals surface area contributed by atoms with E-state index >= 15 is 0 Å². The molecule has 0 atom stereocenters. The largest absolute Gasteiger partial charge is 0.369 e. The summed E-state index contributed by atoms with van der Waals surface area (Å²) in [4.78, 5) is 42.4. The van der Waals surface area contributed by atoms with E-state index in [2.05, 4.69) is 20.3 Å². The van der Waals surface area contributed by atoms with Gasteiger partial charge in [0.15, 0.2) is 5.65 Å². The zero-order valence-corrected chi connectivity index (χ0v) is 20.8. The van der Waals surface area contributed by atoms with E-state index < -0.39 is 5.91 Å². The van der Waals surface area contributed by atoms with Crippen LogP contribution in [-0.2, 0) is 22.4 Å². The quantitative estimate of drug-likeness (QED) is 0.415.